The van der Waals surface area contributed by atoms with Crippen LogP contribution in [0.4, 0.5) is 0 Å². The fraction of sp³-hybridized carbons (Fsp3) is 0.429. The first-order chi connectivity index (χ1) is 11.2. The minimum Gasteiger partial charge on any atom is -0.354 e. The van der Waals surface area contributed by atoms with E-state index in [-0.39, 0.29) is 0 Å². The summed E-state index contributed by atoms with van der Waals surface area (Å²) in [4.78, 5) is 6.23. The van der Waals surface area contributed by atoms with Crippen molar-refractivity contribution in [3.05, 3.63) is 47.0 Å². The van der Waals surface area contributed by atoms with Gasteiger partial charge in [-0.1, -0.05) is 38.1 Å². The van der Waals surface area contributed by atoms with E-state index in [0.29, 0.717) is 0 Å². The van der Waals surface area contributed by atoms with Gasteiger partial charge in [0.25, 0.3) is 0 Å². The maximum atomic E-state index is 3.65. The molecule has 0 aliphatic carbocycles. The van der Waals surface area contributed by atoms with Gasteiger partial charge in [0.2, 0.25) is 0 Å². The zero-order valence-electron chi connectivity index (χ0n) is 14.9. The largest absolute Gasteiger partial charge is 0.354 e. The van der Waals surface area contributed by atoms with Gasteiger partial charge in [-0.25, -0.2) is 0 Å². The van der Waals surface area contributed by atoms with Gasteiger partial charge in [-0.3, -0.25) is 4.90 Å². The lowest BCUT2D eigenvalue weighted by Crippen LogP contribution is -2.24. The minimum absolute atomic E-state index is 1.04. The number of benzene rings is 2. The number of aromatic amines is 1. The standard InChI is InChI=1S/C21H28N2/c1-5-12-23(13-6-2)14-17-8-7-9-18-20(17)19-15(3)10-11-16(4)21(19)22-18/h7-11,22H,5-6,12-14H2,1-4H3. The monoisotopic (exact) mass is 308 g/mol. The van der Waals surface area contributed by atoms with Gasteiger partial charge in [-0.2, -0.15) is 0 Å². The number of fused-ring (bicyclic) bond motifs is 3. The average molecular weight is 308 g/mol. The van der Waals surface area contributed by atoms with Gasteiger partial charge >= 0.3 is 0 Å². The number of H-pyrrole nitrogens is 1. The number of nitrogens with zero attached hydrogens (tertiary/aromatic N) is 1. The Labute approximate surface area is 139 Å². The molecule has 0 fully saturated rings. The number of aromatic nitrogens is 1. The van der Waals surface area contributed by atoms with E-state index in [0.717, 1.165) is 6.54 Å². The normalized spacial score (nSPS) is 11.9. The van der Waals surface area contributed by atoms with Crippen molar-refractivity contribution >= 4 is 21.8 Å². The van der Waals surface area contributed by atoms with Crippen molar-refractivity contribution < 1.29 is 0 Å². The van der Waals surface area contributed by atoms with E-state index in [1.807, 2.05) is 0 Å². The molecule has 0 bridgehead atoms. The predicted molar refractivity (Wildman–Crippen MR) is 101 cm³/mol. The molecule has 1 aromatic heterocycles. The van der Waals surface area contributed by atoms with Crippen LogP contribution in [-0.2, 0) is 6.54 Å². The van der Waals surface area contributed by atoms with Crippen LogP contribution in [-0.4, -0.2) is 23.0 Å². The first-order valence-corrected chi connectivity index (χ1v) is 8.87. The molecular formula is C21H28N2. The van der Waals surface area contributed by atoms with Gasteiger partial charge in [0.15, 0.2) is 0 Å². The second kappa shape index (κ2) is 6.76. The van der Waals surface area contributed by atoms with Crippen LogP contribution in [0.3, 0.4) is 0 Å². The first kappa shape index (κ1) is 16.1. The van der Waals surface area contributed by atoms with Crippen LogP contribution in [0.2, 0.25) is 0 Å². The minimum atomic E-state index is 1.04. The lowest BCUT2D eigenvalue weighted by Gasteiger charge is -2.21. The molecule has 0 radical (unpaired) electrons. The summed E-state index contributed by atoms with van der Waals surface area (Å²) in [6.07, 6.45) is 2.42. The van der Waals surface area contributed by atoms with E-state index < -0.39 is 0 Å². The quantitative estimate of drug-likeness (QED) is 0.631. The van der Waals surface area contributed by atoms with Crippen molar-refractivity contribution in [1.29, 1.82) is 0 Å². The second-order valence-corrected chi connectivity index (χ2v) is 6.69. The summed E-state index contributed by atoms with van der Waals surface area (Å²) in [7, 11) is 0. The Bertz CT molecular complexity index is 807. The zero-order chi connectivity index (χ0) is 16.4. The molecule has 0 saturated carbocycles. The molecule has 2 aromatic carbocycles. The number of aryl methyl sites for hydroxylation is 2. The Morgan fingerprint density at radius 2 is 1.57 bits per heavy atom. The summed E-state index contributed by atoms with van der Waals surface area (Å²) in [6.45, 7) is 12.3. The van der Waals surface area contributed by atoms with Crippen LogP contribution < -0.4 is 0 Å². The maximum absolute atomic E-state index is 3.65. The Morgan fingerprint density at radius 1 is 0.870 bits per heavy atom. The molecule has 23 heavy (non-hydrogen) atoms. The zero-order valence-corrected chi connectivity index (χ0v) is 14.9. The number of rotatable bonds is 6. The highest BCUT2D eigenvalue weighted by molar-refractivity contribution is 6.11. The molecule has 1 heterocycles. The third-order valence-corrected chi connectivity index (χ3v) is 4.76. The number of hydrogen-bond acceptors (Lipinski definition) is 1. The van der Waals surface area contributed by atoms with E-state index in [2.05, 4.69) is 67.9 Å². The van der Waals surface area contributed by atoms with Crippen molar-refractivity contribution in [3.8, 4) is 0 Å². The van der Waals surface area contributed by atoms with Crippen molar-refractivity contribution in [2.75, 3.05) is 13.1 Å². The molecule has 0 amide bonds. The molecule has 0 spiro atoms. The lowest BCUT2D eigenvalue weighted by atomic mass is 10.0. The van der Waals surface area contributed by atoms with Crippen LogP contribution in [0.1, 0.15) is 43.4 Å². The molecule has 122 valence electrons. The van der Waals surface area contributed by atoms with Gasteiger partial charge < -0.3 is 4.98 Å². The van der Waals surface area contributed by atoms with Gasteiger partial charge in [0, 0.05) is 28.4 Å². The van der Waals surface area contributed by atoms with Gasteiger partial charge in [0.05, 0.1) is 0 Å². The van der Waals surface area contributed by atoms with Gasteiger partial charge in [-0.05, 0) is 62.5 Å². The van der Waals surface area contributed by atoms with Crippen molar-refractivity contribution in [3.63, 3.8) is 0 Å². The highest BCUT2D eigenvalue weighted by atomic mass is 15.1. The molecule has 0 atom stereocenters. The molecule has 2 nitrogen and oxygen atoms in total. The highest BCUT2D eigenvalue weighted by Gasteiger charge is 2.14. The third kappa shape index (κ3) is 3.00. The molecule has 3 rings (SSSR count). The van der Waals surface area contributed by atoms with Crippen LogP contribution in [0.5, 0.6) is 0 Å². The summed E-state index contributed by atoms with van der Waals surface area (Å²) in [5.41, 5.74) is 6.70. The van der Waals surface area contributed by atoms with Crippen molar-refractivity contribution in [1.82, 2.24) is 9.88 Å². The molecule has 0 aliphatic heterocycles. The second-order valence-electron chi connectivity index (χ2n) is 6.69. The van der Waals surface area contributed by atoms with Gasteiger partial charge in [-0.15, -0.1) is 0 Å². The molecule has 0 unspecified atom stereocenters. The summed E-state index contributed by atoms with van der Waals surface area (Å²) in [5, 5.41) is 2.82. The molecule has 3 aromatic rings. The fourth-order valence-corrected chi connectivity index (χ4v) is 3.70. The SMILES string of the molecule is CCCN(CCC)Cc1cccc2[nH]c3c(C)ccc(C)c3c12. The Kier molecular flexibility index (Phi) is 4.72. The highest BCUT2D eigenvalue weighted by Crippen LogP contribution is 2.33. The summed E-state index contributed by atoms with van der Waals surface area (Å²) in [5.74, 6) is 0. The summed E-state index contributed by atoms with van der Waals surface area (Å²) < 4.78 is 0. The molecule has 1 N–H and O–H groups in total. The molecular weight excluding hydrogens is 280 g/mol. The van der Waals surface area contributed by atoms with Crippen molar-refractivity contribution in [2.24, 2.45) is 0 Å². The van der Waals surface area contributed by atoms with E-state index in [9.17, 15) is 0 Å². The Balaban J connectivity index is 2.15. The lowest BCUT2D eigenvalue weighted by molar-refractivity contribution is 0.267. The number of nitrogens with one attached hydrogen (secondary N) is 1. The Morgan fingerprint density at radius 3 is 2.26 bits per heavy atom. The van der Waals surface area contributed by atoms with Crippen LogP contribution in [0.25, 0.3) is 21.8 Å². The van der Waals surface area contributed by atoms with Gasteiger partial charge in [0.1, 0.15) is 0 Å². The van der Waals surface area contributed by atoms with E-state index >= 15 is 0 Å². The molecule has 0 saturated heterocycles. The summed E-state index contributed by atoms with van der Waals surface area (Å²) in [6, 6.07) is 11.2. The van der Waals surface area contributed by atoms with Crippen LogP contribution in [0, 0.1) is 13.8 Å². The number of hydrogen-bond donors (Lipinski definition) is 1. The predicted octanol–water partition coefficient (Wildman–Crippen LogP) is 5.56. The topological polar surface area (TPSA) is 19.0 Å². The summed E-state index contributed by atoms with van der Waals surface area (Å²) >= 11 is 0. The average Bonchev–Trinajstić information content (AvgIpc) is 2.93. The van der Waals surface area contributed by atoms with Crippen LogP contribution in [0.15, 0.2) is 30.3 Å². The van der Waals surface area contributed by atoms with Crippen LogP contribution >= 0.6 is 0 Å². The fourth-order valence-electron chi connectivity index (χ4n) is 3.70. The first-order valence-electron chi connectivity index (χ1n) is 8.87. The third-order valence-electron chi connectivity index (χ3n) is 4.76. The smallest absolute Gasteiger partial charge is 0.0497 e. The van der Waals surface area contributed by atoms with Crippen molar-refractivity contribution in [2.45, 2.75) is 47.1 Å². The maximum Gasteiger partial charge on any atom is 0.0497 e. The molecule has 2 heteroatoms. The van der Waals surface area contributed by atoms with E-state index in [4.69, 9.17) is 0 Å². The van der Waals surface area contributed by atoms with E-state index in [1.54, 1.807) is 0 Å². The van der Waals surface area contributed by atoms with E-state index in [1.165, 1.54) is 64.4 Å². The Hall–Kier alpha value is -1.80. The molecule has 0 aliphatic rings.